The van der Waals surface area contributed by atoms with Crippen LogP contribution in [0.2, 0.25) is 5.02 Å². The molecule has 0 atom stereocenters. The first kappa shape index (κ1) is 18.5. The predicted molar refractivity (Wildman–Crippen MR) is 104 cm³/mol. The second-order valence-electron chi connectivity index (χ2n) is 5.50. The summed E-state index contributed by atoms with van der Waals surface area (Å²) in [4.78, 5) is 12.3. The molecule has 0 saturated heterocycles. The van der Waals surface area contributed by atoms with E-state index in [1.807, 2.05) is 35.8 Å². The van der Waals surface area contributed by atoms with E-state index in [1.165, 1.54) is 11.8 Å². The summed E-state index contributed by atoms with van der Waals surface area (Å²) >= 11 is 7.25. The first-order valence-electron chi connectivity index (χ1n) is 8.11. The molecule has 3 rings (SSSR count). The molecule has 7 heteroatoms. The zero-order valence-corrected chi connectivity index (χ0v) is 16.0. The minimum absolute atomic E-state index is 0.0308. The Kier molecular flexibility index (Phi) is 5.96. The summed E-state index contributed by atoms with van der Waals surface area (Å²) < 4.78 is 7.19. The van der Waals surface area contributed by atoms with Gasteiger partial charge in [-0.15, -0.1) is 10.2 Å². The molecule has 0 fully saturated rings. The maximum absolute atomic E-state index is 12.3. The Hall–Kier alpha value is -2.31. The number of hydrogen-bond donors (Lipinski definition) is 0. The van der Waals surface area contributed by atoms with Crippen LogP contribution in [0.25, 0.3) is 11.4 Å². The van der Waals surface area contributed by atoms with E-state index in [0.717, 1.165) is 22.3 Å². The normalized spacial score (nSPS) is 10.7. The van der Waals surface area contributed by atoms with E-state index in [9.17, 15) is 4.79 Å². The molecule has 3 aromatic rings. The van der Waals surface area contributed by atoms with Crippen LogP contribution in [0, 0.1) is 0 Å². The van der Waals surface area contributed by atoms with Crippen molar-refractivity contribution in [3.05, 3.63) is 59.1 Å². The molecule has 0 aliphatic carbocycles. The first-order chi connectivity index (χ1) is 12.6. The van der Waals surface area contributed by atoms with Crippen molar-refractivity contribution >= 4 is 29.1 Å². The number of Topliss-reactive ketones (excluding diaryl/α,β-unsaturated/α-hetero) is 1. The van der Waals surface area contributed by atoms with Crippen LogP contribution in [-0.4, -0.2) is 33.4 Å². The second kappa shape index (κ2) is 8.38. The summed E-state index contributed by atoms with van der Waals surface area (Å²) in [6.07, 6.45) is 0. The number of aromatic nitrogens is 3. The van der Waals surface area contributed by atoms with Gasteiger partial charge in [-0.05, 0) is 55.5 Å². The van der Waals surface area contributed by atoms with Crippen molar-refractivity contribution < 1.29 is 9.53 Å². The molecule has 0 bridgehead atoms. The van der Waals surface area contributed by atoms with E-state index >= 15 is 0 Å². The van der Waals surface area contributed by atoms with Gasteiger partial charge in [0, 0.05) is 22.7 Å². The van der Waals surface area contributed by atoms with Crippen LogP contribution in [0.3, 0.4) is 0 Å². The smallest absolute Gasteiger partial charge is 0.191 e. The van der Waals surface area contributed by atoms with Crippen LogP contribution in [0.1, 0.15) is 17.3 Å². The monoisotopic (exact) mass is 387 g/mol. The molecule has 134 valence electrons. The number of rotatable bonds is 7. The number of nitrogens with zero attached hydrogens (tertiary/aromatic N) is 3. The van der Waals surface area contributed by atoms with E-state index in [-0.39, 0.29) is 5.78 Å². The number of methoxy groups -OCH3 is 1. The maximum atomic E-state index is 12.3. The maximum Gasteiger partial charge on any atom is 0.191 e. The Morgan fingerprint density at radius 1 is 1.12 bits per heavy atom. The number of carbonyl (C=O) groups excluding carboxylic acids is 1. The molecule has 0 radical (unpaired) electrons. The van der Waals surface area contributed by atoms with Crippen molar-refractivity contribution in [2.75, 3.05) is 12.9 Å². The number of carbonyl (C=O) groups is 1. The van der Waals surface area contributed by atoms with Crippen molar-refractivity contribution in [2.45, 2.75) is 18.6 Å². The minimum atomic E-state index is 0.0308. The highest BCUT2D eigenvalue weighted by molar-refractivity contribution is 7.99. The van der Waals surface area contributed by atoms with Gasteiger partial charge in [0.1, 0.15) is 5.75 Å². The molecular formula is C19H18ClN3O2S. The van der Waals surface area contributed by atoms with Gasteiger partial charge >= 0.3 is 0 Å². The summed E-state index contributed by atoms with van der Waals surface area (Å²) in [7, 11) is 1.63. The molecule has 2 aromatic carbocycles. The molecule has 0 aliphatic heterocycles. The third-order valence-electron chi connectivity index (χ3n) is 3.88. The lowest BCUT2D eigenvalue weighted by Crippen LogP contribution is -2.05. The Bertz CT molecular complexity index is 892. The Morgan fingerprint density at radius 2 is 1.81 bits per heavy atom. The lowest BCUT2D eigenvalue weighted by Gasteiger charge is -2.08. The summed E-state index contributed by atoms with van der Waals surface area (Å²) in [5.74, 6) is 1.89. The molecule has 0 N–H and O–H groups in total. The molecule has 0 saturated carbocycles. The molecule has 1 aromatic heterocycles. The number of hydrogen-bond acceptors (Lipinski definition) is 5. The van der Waals surface area contributed by atoms with Gasteiger partial charge in [0.2, 0.25) is 0 Å². The van der Waals surface area contributed by atoms with E-state index < -0.39 is 0 Å². The highest BCUT2D eigenvalue weighted by atomic mass is 35.5. The molecule has 0 unspecified atom stereocenters. The number of ketones is 1. The fourth-order valence-electron chi connectivity index (χ4n) is 2.48. The first-order valence-corrected chi connectivity index (χ1v) is 9.48. The van der Waals surface area contributed by atoms with Gasteiger partial charge in [-0.25, -0.2) is 0 Å². The highest BCUT2D eigenvalue weighted by Crippen LogP contribution is 2.26. The Labute approximate surface area is 161 Å². The number of thioether (sulfide) groups is 1. The molecule has 26 heavy (non-hydrogen) atoms. The fourth-order valence-corrected chi connectivity index (χ4v) is 3.51. The average molecular weight is 388 g/mol. The standard InChI is InChI=1S/C19H18ClN3O2S/c1-3-23-18(14-6-10-16(25-2)11-7-14)21-22-19(23)26-12-17(24)13-4-8-15(20)9-5-13/h4-11H,3,12H2,1-2H3. The van der Waals surface area contributed by atoms with E-state index in [0.29, 0.717) is 22.9 Å². The number of halogens is 1. The minimum Gasteiger partial charge on any atom is -0.497 e. The van der Waals surface area contributed by atoms with Gasteiger partial charge in [0.05, 0.1) is 12.9 Å². The molecule has 0 aliphatic rings. The summed E-state index contributed by atoms with van der Waals surface area (Å²) in [6, 6.07) is 14.6. The van der Waals surface area contributed by atoms with Crippen LogP contribution in [-0.2, 0) is 6.54 Å². The zero-order valence-electron chi connectivity index (χ0n) is 14.5. The number of benzene rings is 2. The van der Waals surface area contributed by atoms with Gasteiger partial charge in [0.15, 0.2) is 16.8 Å². The predicted octanol–water partition coefficient (Wildman–Crippen LogP) is 4.60. The Morgan fingerprint density at radius 3 is 2.42 bits per heavy atom. The van der Waals surface area contributed by atoms with Crippen LogP contribution in [0.4, 0.5) is 0 Å². The van der Waals surface area contributed by atoms with Gasteiger partial charge in [-0.2, -0.15) is 0 Å². The topological polar surface area (TPSA) is 57.0 Å². The van der Waals surface area contributed by atoms with Crippen LogP contribution in [0.5, 0.6) is 5.75 Å². The van der Waals surface area contributed by atoms with Crippen molar-refractivity contribution in [1.82, 2.24) is 14.8 Å². The molecule has 0 amide bonds. The largest absolute Gasteiger partial charge is 0.497 e. The van der Waals surface area contributed by atoms with Crippen molar-refractivity contribution in [1.29, 1.82) is 0 Å². The SMILES string of the molecule is CCn1c(SCC(=O)c2ccc(Cl)cc2)nnc1-c1ccc(OC)cc1. The van der Waals surface area contributed by atoms with Crippen molar-refractivity contribution in [2.24, 2.45) is 0 Å². The third-order valence-corrected chi connectivity index (χ3v) is 5.10. The van der Waals surface area contributed by atoms with Gasteiger partial charge in [-0.1, -0.05) is 23.4 Å². The van der Waals surface area contributed by atoms with E-state index in [2.05, 4.69) is 10.2 Å². The summed E-state index contributed by atoms with van der Waals surface area (Å²) in [6.45, 7) is 2.74. The third kappa shape index (κ3) is 4.08. The Balaban J connectivity index is 1.75. The number of ether oxygens (including phenoxy) is 1. The van der Waals surface area contributed by atoms with Crippen molar-refractivity contribution in [3.8, 4) is 17.1 Å². The van der Waals surface area contributed by atoms with Gasteiger partial charge in [-0.3, -0.25) is 4.79 Å². The quantitative estimate of drug-likeness (QED) is 0.438. The molecule has 5 nitrogen and oxygen atoms in total. The summed E-state index contributed by atoms with van der Waals surface area (Å²) in [5, 5.41) is 9.89. The summed E-state index contributed by atoms with van der Waals surface area (Å²) in [5.41, 5.74) is 1.59. The van der Waals surface area contributed by atoms with Crippen LogP contribution in [0.15, 0.2) is 53.7 Å². The lowest BCUT2D eigenvalue weighted by atomic mass is 10.1. The second-order valence-corrected chi connectivity index (χ2v) is 6.88. The van der Waals surface area contributed by atoms with Gasteiger partial charge < -0.3 is 9.30 Å². The van der Waals surface area contributed by atoms with Crippen molar-refractivity contribution in [3.63, 3.8) is 0 Å². The zero-order chi connectivity index (χ0) is 18.5. The average Bonchev–Trinajstić information content (AvgIpc) is 3.09. The molecule has 1 heterocycles. The molecular weight excluding hydrogens is 370 g/mol. The van der Waals surface area contributed by atoms with E-state index in [4.69, 9.17) is 16.3 Å². The fraction of sp³-hybridized carbons (Fsp3) is 0.211. The van der Waals surface area contributed by atoms with Crippen LogP contribution >= 0.6 is 23.4 Å². The highest BCUT2D eigenvalue weighted by Gasteiger charge is 2.15. The van der Waals surface area contributed by atoms with Crippen LogP contribution < -0.4 is 4.74 Å². The molecule has 0 spiro atoms. The lowest BCUT2D eigenvalue weighted by molar-refractivity contribution is 0.102. The van der Waals surface area contributed by atoms with E-state index in [1.54, 1.807) is 31.4 Å². The van der Waals surface area contributed by atoms with Gasteiger partial charge in [0.25, 0.3) is 0 Å².